The molecule has 0 N–H and O–H groups in total. The first kappa shape index (κ1) is 26.5. The number of hydrogen-bond donors (Lipinski definition) is 0. The molecule has 0 aromatic heterocycles. The fraction of sp³-hybridized carbons (Fsp3) is 0.536. The van der Waals surface area contributed by atoms with Gasteiger partial charge in [-0.05, 0) is 64.4 Å². The second-order valence-electron chi connectivity index (χ2n) is 9.93. The summed E-state index contributed by atoms with van der Waals surface area (Å²) in [6, 6.07) is 15.1. The fourth-order valence-electron chi connectivity index (χ4n) is 4.29. The van der Waals surface area contributed by atoms with Gasteiger partial charge in [0.2, 0.25) is 5.91 Å². The molecule has 1 aliphatic rings. The Morgan fingerprint density at radius 2 is 1.58 bits per heavy atom. The first-order valence-corrected chi connectivity index (χ1v) is 12.2. The average molecular weight is 449 g/mol. The van der Waals surface area contributed by atoms with Crippen molar-refractivity contribution in [2.45, 2.75) is 98.2 Å². The van der Waals surface area contributed by atoms with Crippen LogP contribution in [0.1, 0.15) is 107 Å². The van der Waals surface area contributed by atoms with Crippen LogP contribution in [0.15, 0.2) is 47.6 Å². The van der Waals surface area contributed by atoms with Crippen LogP contribution < -0.4 is 0 Å². The van der Waals surface area contributed by atoms with Gasteiger partial charge < -0.3 is 4.90 Å². The monoisotopic (exact) mass is 448 g/mol. The van der Waals surface area contributed by atoms with E-state index >= 15 is 0 Å². The van der Waals surface area contributed by atoms with E-state index in [0.29, 0.717) is 42.7 Å². The maximum absolute atomic E-state index is 11.5. The third-order valence-corrected chi connectivity index (χ3v) is 6.37. The van der Waals surface area contributed by atoms with E-state index in [1.807, 2.05) is 23.1 Å². The molecule has 1 fully saturated rings. The summed E-state index contributed by atoms with van der Waals surface area (Å²) < 4.78 is 0. The van der Waals surface area contributed by atoms with E-state index in [1.54, 1.807) is 0 Å². The molecule has 0 radical (unpaired) electrons. The third kappa shape index (κ3) is 7.36. The van der Waals surface area contributed by atoms with Gasteiger partial charge in [-0.25, -0.2) is 0 Å². The van der Waals surface area contributed by atoms with E-state index in [1.165, 1.54) is 27.8 Å². The van der Waals surface area contributed by atoms with E-state index in [2.05, 4.69) is 82.8 Å². The van der Waals surface area contributed by atoms with Gasteiger partial charge >= 0.3 is 0 Å². The molecule has 1 amide bonds. The maximum Gasteiger partial charge on any atom is 0.223 e. The quantitative estimate of drug-likeness (QED) is 0.240. The Morgan fingerprint density at radius 3 is 2.00 bits per heavy atom. The zero-order valence-electron chi connectivity index (χ0n) is 21.4. The van der Waals surface area contributed by atoms with Crippen molar-refractivity contribution in [1.82, 2.24) is 4.90 Å². The van der Waals surface area contributed by atoms with Crippen molar-refractivity contribution < 1.29 is 4.79 Å². The lowest BCUT2D eigenvalue weighted by atomic mass is 9.84. The summed E-state index contributed by atoms with van der Waals surface area (Å²) in [6.07, 6.45) is 1.72. The van der Waals surface area contributed by atoms with Crippen LogP contribution in [0.25, 0.3) is 10.4 Å². The zero-order valence-corrected chi connectivity index (χ0v) is 21.4. The summed E-state index contributed by atoms with van der Waals surface area (Å²) in [5.74, 6) is 1.70. The van der Waals surface area contributed by atoms with Crippen LogP contribution in [0.3, 0.4) is 0 Å². The molecule has 5 nitrogen and oxygen atoms in total. The van der Waals surface area contributed by atoms with Gasteiger partial charge in [0.1, 0.15) is 0 Å². The molecule has 1 atom stereocenters. The topological polar surface area (TPSA) is 69.1 Å². The Labute approximate surface area is 199 Å². The lowest BCUT2D eigenvalue weighted by Crippen LogP contribution is -2.30. The molecule has 1 heterocycles. The fourth-order valence-corrected chi connectivity index (χ4v) is 4.29. The molecule has 5 heteroatoms. The predicted molar refractivity (Wildman–Crippen MR) is 137 cm³/mol. The van der Waals surface area contributed by atoms with E-state index in [0.717, 1.165) is 13.0 Å². The Bertz CT molecular complexity index is 930. The normalized spacial score (nSPS) is 15.6. The van der Waals surface area contributed by atoms with Crippen LogP contribution in [0.2, 0.25) is 0 Å². The van der Waals surface area contributed by atoms with Gasteiger partial charge in [-0.3, -0.25) is 4.79 Å². The van der Waals surface area contributed by atoms with E-state index in [-0.39, 0.29) is 0 Å². The lowest BCUT2D eigenvalue weighted by Gasteiger charge is -2.22. The third-order valence-electron chi connectivity index (χ3n) is 6.37. The van der Waals surface area contributed by atoms with E-state index < -0.39 is 0 Å². The van der Waals surface area contributed by atoms with Crippen molar-refractivity contribution in [1.29, 1.82) is 0 Å². The van der Waals surface area contributed by atoms with Crippen LogP contribution >= 0.6 is 0 Å². The van der Waals surface area contributed by atoms with Gasteiger partial charge in [-0.15, -0.1) is 0 Å². The van der Waals surface area contributed by atoms with Crippen LogP contribution in [0.5, 0.6) is 0 Å². The second kappa shape index (κ2) is 12.5. The molecular formula is C28H40N4O. The summed E-state index contributed by atoms with van der Waals surface area (Å²) in [5.41, 5.74) is 15.0. The van der Waals surface area contributed by atoms with Gasteiger partial charge in [-0.2, -0.15) is 0 Å². The van der Waals surface area contributed by atoms with E-state index in [9.17, 15) is 4.79 Å². The molecule has 0 aliphatic carbocycles. The maximum atomic E-state index is 11.5. The SMILES string of the molecule is CC(C)c1cc(C(C)C)c(CN=[N+]=[N-])c(C(C)C)c1.C[C@@H]1CCC(=O)N1Cc1ccccc1. The standard InChI is InChI=1S/C16H25N3.C12H15NO/c1-10(2)13-7-14(11(3)4)16(9-18-19-17)15(8-13)12(5)6;1-10-7-8-12(14)13(10)9-11-5-3-2-4-6-11/h7-8,10-12H,9H2,1-6H3;2-6,10H,7-9H2,1H3/t;10-/m.1/s1. The van der Waals surface area contributed by atoms with Crippen molar-refractivity contribution in [3.8, 4) is 0 Å². The van der Waals surface area contributed by atoms with Gasteiger partial charge in [0.15, 0.2) is 0 Å². The Hall–Kier alpha value is -2.78. The zero-order chi connectivity index (χ0) is 24.5. The molecule has 178 valence electrons. The van der Waals surface area contributed by atoms with Crippen molar-refractivity contribution in [2.24, 2.45) is 5.11 Å². The van der Waals surface area contributed by atoms with Gasteiger partial charge in [0, 0.05) is 23.9 Å². The van der Waals surface area contributed by atoms with Crippen molar-refractivity contribution in [3.63, 3.8) is 0 Å². The number of nitrogens with zero attached hydrogens (tertiary/aromatic N) is 4. The summed E-state index contributed by atoms with van der Waals surface area (Å²) in [5, 5.41) is 3.78. The highest BCUT2D eigenvalue weighted by Crippen LogP contribution is 2.32. The minimum atomic E-state index is 0.293. The lowest BCUT2D eigenvalue weighted by molar-refractivity contribution is -0.129. The molecule has 33 heavy (non-hydrogen) atoms. The summed E-state index contributed by atoms with van der Waals surface area (Å²) in [4.78, 5) is 16.4. The second-order valence-corrected chi connectivity index (χ2v) is 9.93. The smallest absolute Gasteiger partial charge is 0.223 e. The number of benzene rings is 2. The van der Waals surface area contributed by atoms with Gasteiger partial charge in [-0.1, -0.05) is 89.1 Å². The first-order chi connectivity index (χ1) is 15.6. The summed E-state index contributed by atoms with van der Waals surface area (Å²) >= 11 is 0. The highest BCUT2D eigenvalue weighted by Gasteiger charge is 2.27. The van der Waals surface area contributed by atoms with Crippen molar-refractivity contribution in [3.05, 3.63) is 80.7 Å². The number of hydrogen-bond acceptors (Lipinski definition) is 2. The number of rotatable bonds is 7. The largest absolute Gasteiger partial charge is 0.336 e. The number of carbonyl (C=O) groups excluding carboxylic acids is 1. The predicted octanol–water partition coefficient (Wildman–Crippen LogP) is 8.06. The van der Waals surface area contributed by atoms with E-state index in [4.69, 9.17) is 5.53 Å². The summed E-state index contributed by atoms with van der Waals surface area (Å²) in [7, 11) is 0. The summed E-state index contributed by atoms with van der Waals surface area (Å²) in [6.45, 7) is 16.6. The highest BCUT2D eigenvalue weighted by atomic mass is 16.2. The van der Waals surface area contributed by atoms with Gasteiger partial charge in [0.05, 0.1) is 6.54 Å². The number of carbonyl (C=O) groups is 1. The molecule has 0 bridgehead atoms. The van der Waals surface area contributed by atoms with Crippen molar-refractivity contribution in [2.75, 3.05) is 0 Å². The van der Waals surface area contributed by atoms with Crippen LogP contribution in [0, 0.1) is 0 Å². The average Bonchev–Trinajstić information content (AvgIpc) is 3.10. The molecule has 2 aromatic carbocycles. The minimum Gasteiger partial charge on any atom is -0.336 e. The molecule has 1 aliphatic heterocycles. The molecule has 2 aromatic rings. The van der Waals surface area contributed by atoms with Crippen LogP contribution in [-0.2, 0) is 17.9 Å². The van der Waals surface area contributed by atoms with Gasteiger partial charge in [0.25, 0.3) is 0 Å². The van der Waals surface area contributed by atoms with Crippen molar-refractivity contribution >= 4 is 5.91 Å². The number of azide groups is 1. The molecule has 0 spiro atoms. The molecule has 3 rings (SSSR count). The minimum absolute atomic E-state index is 0.293. The number of likely N-dealkylation sites (tertiary alicyclic amines) is 1. The first-order valence-electron chi connectivity index (χ1n) is 12.2. The van der Waals surface area contributed by atoms with Crippen LogP contribution in [0.4, 0.5) is 0 Å². The Balaban J connectivity index is 0.000000243. The number of amides is 1. The highest BCUT2D eigenvalue weighted by molar-refractivity contribution is 5.78. The molecular weight excluding hydrogens is 408 g/mol. The Morgan fingerprint density at radius 1 is 1.00 bits per heavy atom. The Kier molecular flexibility index (Phi) is 9.99. The molecule has 0 unspecified atom stereocenters. The van der Waals surface area contributed by atoms with Crippen LogP contribution in [-0.4, -0.2) is 16.8 Å². The molecule has 0 saturated carbocycles. The molecule has 1 saturated heterocycles.